The highest BCUT2D eigenvalue weighted by atomic mass is 16.6. The lowest BCUT2D eigenvalue weighted by Crippen LogP contribution is -2.47. The van der Waals surface area contributed by atoms with E-state index < -0.39 is 17.2 Å². The molecule has 0 saturated carbocycles. The summed E-state index contributed by atoms with van der Waals surface area (Å²) in [5.41, 5.74) is -1.46. The molecule has 0 aliphatic carbocycles. The lowest BCUT2D eigenvalue weighted by atomic mass is 9.95. The van der Waals surface area contributed by atoms with Gasteiger partial charge >= 0.3 is 6.09 Å². The summed E-state index contributed by atoms with van der Waals surface area (Å²) in [6.07, 6.45) is 1.48. The number of aldehydes is 1. The molecule has 0 radical (unpaired) electrons. The van der Waals surface area contributed by atoms with E-state index in [0.29, 0.717) is 11.8 Å². The summed E-state index contributed by atoms with van der Waals surface area (Å²) in [4.78, 5) is 27.3. The van der Waals surface area contributed by atoms with E-state index >= 15 is 0 Å². The van der Waals surface area contributed by atoms with Crippen molar-refractivity contribution in [2.24, 2.45) is 0 Å². The molecule has 1 rings (SSSR count). The van der Waals surface area contributed by atoms with Crippen molar-refractivity contribution in [3.63, 3.8) is 0 Å². The highest BCUT2D eigenvalue weighted by molar-refractivity contribution is 5.78. The van der Waals surface area contributed by atoms with Crippen LogP contribution < -0.4 is 10.1 Å². The number of hydrogen-bond donors (Lipinski definition) is 1. The molecule has 0 bridgehead atoms. The summed E-state index contributed by atoms with van der Waals surface area (Å²) in [5, 5.41) is 2.54. The number of methoxy groups -OCH3 is 1. The number of carbonyl (C=O) groups is 2. The highest BCUT2D eigenvalue weighted by Crippen LogP contribution is 2.26. The van der Waals surface area contributed by atoms with E-state index in [9.17, 15) is 9.59 Å². The monoisotopic (exact) mass is 280 g/mol. The van der Waals surface area contributed by atoms with Crippen molar-refractivity contribution >= 4 is 12.4 Å². The van der Waals surface area contributed by atoms with E-state index in [0.717, 1.165) is 0 Å². The molecule has 1 aromatic rings. The average Bonchev–Trinajstić information content (AvgIpc) is 2.36. The second-order valence-corrected chi connectivity index (χ2v) is 5.51. The maximum atomic E-state index is 11.9. The van der Waals surface area contributed by atoms with E-state index in [4.69, 9.17) is 9.47 Å². The van der Waals surface area contributed by atoms with Gasteiger partial charge in [-0.2, -0.15) is 0 Å². The zero-order chi connectivity index (χ0) is 15.4. The van der Waals surface area contributed by atoms with Crippen LogP contribution in [0.3, 0.4) is 0 Å². The number of nitrogens with one attached hydrogen (secondary N) is 1. The molecule has 0 spiro atoms. The molecule has 0 aliphatic rings. The average molecular weight is 280 g/mol. The van der Waals surface area contributed by atoms with Gasteiger partial charge in [-0.05, 0) is 39.8 Å². The van der Waals surface area contributed by atoms with Crippen molar-refractivity contribution in [2.75, 3.05) is 7.11 Å². The molecule has 0 fully saturated rings. The lowest BCUT2D eigenvalue weighted by Gasteiger charge is -2.28. The number of rotatable bonds is 4. The molecule has 1 unspecified atom stereocenters. The van der Waals surface area contributed by atoms with Crippen molar-refractivity contribution in [1.82, 2.24) is 10.3 Å². The van der Waals surface area contributed by atoms with E-state index in [1.165, 1.54) is 7.11 Å². The van der Waals surface area contributed by atoms with Gasteiger partial charge in [0.15, 0.2) is 0 Å². The normalized spacial score (nSPS) is 14.1. The predicted molar refractivity (Wildman–Crippen MR) is 73.6 cm³/mol. The van der Waals surface area contributed by atoms with Gasteiger partial charge in [0.05, 0.1) is 7.11 Å². The zero-order valence-corrected chi connectivity index (χ0v) is 12.4. The fraction of sp³-hybridized carbons (Fsp3) is 0.500. The van der Waals surface area contributed by atoms with Crippen LogP contribution in [-0.4, -0.2) is 30.1 Å². The summed E-state index contributed by atoms with van der Waals surface area (Å²) < 4.78 is 10.3. The Labute approximate surface area is 118 Å². The van der Waals surface area contributed by atoms with Gasteiger partial charge in [-0.25, -0.2) is 9.78 Å². The maximum Gasteiger partial charge on any atom is 0.408 e. The Morgan fingerprint density at radius 1 is 1.35 bits per heavy atom. The molecular formula is C14H20N2O4. The first-order valence-electron chi connectivity index (χ1n) is 6.19. The van der Waals surface area contributed by atoms with Gasteiger partial charge in [0.25, 0.3) is 0 Å². The quantitative estimate of drug-likeness (QED) is 0.854. The fourth-order valence-corrected chi connectivity index (χ4v) is 1.62. The van der Waals surface area contributed by atoms with Crippen LogP contribution in [0.1, 0.15) is 33.3 Å². The van der Waals surface area contributed by atoms with Crippen molar-refractivity contribution in [3.8, 4) is 5.88 Å². The van der Waals surface area contributed by atoms with Crippen LogP contribution >= 0.6 is 0 Å². The van der Waals surface area contributed by atoms with Gasteiger partial charge in [-0.3, -0.25) is 0 Å². The number of amides is 1. The Hall–Kier alpha value is -2.11. The number of alkyl carbamates (subject to hydrolysis) is 1. The topological polar surface area (TPSA) is 77.5 Å². The number of aromatic nitrogens is 1. The molecule has 1 amide bonds. The molecule has 20 heavy (non-hydrogen) atoms. The van der Waals surface area contributed by atoms with Crippen LogP contribution in [0.2, 0.25) is 0 Å². The Morgan fingerprint density at radius 3 is 2.50 bits per heavy atom. The molecule has 6 heteroatoms. The lowest BCUT2D eigenvalue weighted by molar-refractivity contribution is -0.113. The second-order valence-electron chi connectivity index (χ2n) is 5.51. The summed E-state index contributed by atoms with van der Waals surface area (Å²) in [6.45, 7) is 6.80. The molecule has 6 nitrogen and oxygen atoms in total. The van der Waals surface area contributed by atoms with E-state index in [1.54, 1.807) is 46.0 Å². The molecule has 0 saturated heterocycles. The standard InChI is InChI=1S/C14H20N2O4/c1-13(2,3)20-12(18)16-14(4,9-17)10-7-6-8-15-11(10)19-5/h6-9H,1-5H3,(H,16,18). The third-order valence-corrected chi connectivity index (χ3v) is 2.52. The largest absolute Gasteiger partial charge is 0.481 e. The summed E-state index contributed by atoms with van der Waals surface area (Å²) >= 11 is 0. The number of nitrogens with zero attached hydrogens (tertiary/aromatic N) is 1. The molecule has 1 heterocycles. The van der Waals surface area contributed by atoms with Crippen molar-refractivity contribution in [2.45, 2.75) is 38.8 Å². The zero-order valence-electron chi connectivity index (χ0n) is 12.4. The summed E-state index contributed by atoms with van der Waals surface area (Å²) in [6, 6.07) is 3.33. The third kappa shape index (κ3) is 3.94. The molecule has 1 N–H and O–H groups in total. The van der Waals surface area contributed by atoms with Gasteiger partial charge in [0.2, 0.25) is 5.88 Å². The first kappa shape index (κ1) is 15.9. The number of pyridine rings is 1. The smallest absolute Gasteiger partial charge is 0.408 e. The van der Waals surface area contributed by atoms with E-state index in [2.05, 4.69) is 10.3 Å². The minimum atomic E-state index is -1.28. The van der Waals surface area contributed by atoms with Crippen LogP contribution in [0.4, 0.5) is 4.79 Å². The van der Waals surface area contributed by atoms with Gasteiger partial charge < -0.3 is 19.6 Å². The van der Waals surface area contributed by atoms with Crippen LogP contribution in [0.15, 0.2) is 18.3 Å². The van der Waals surface area contributed by atoms with Gasteiger partial charge in [0.1, 0.15) is 17.4 Å². The van der Waals surface area contributed by atoms with Crippen LogP contribution in [-0.2, 0) is 15.1 Å². The Bertz CT molecular complexity index is 496. The minimum absolute atomic E-state index is 0.276. The molecule has 110 valence electrons. The van der Waals surface area contributed by atoms with Gasteiger partial charge in [0, 0.05) is 11.8 Å². The molecule has 1 aromatic heterocycles. The summed E-state index contributed by atoms with van der Waals surface area (Å²) in [5.74, 6) is 0.276. The Morgan fingerprint density at radius 2 is 2.00 bits per heavy atom. The first-order chi connectivity index (χ1) is 9.22. The summed E-state index contributed by atoms with van der Waals surface area (Å²) in [7, 11) is 1.45. The number of ether oxygens (including phenoxy) is 2. The van der Waals surface area contributed by atoms with Crippen LogP contribution in [0.25, 0.3) is 0 Å². The van der Waals surface area contributed by atoms with Crippen molar-refractivity contribution in [3.05, 3.63) is 23.9 Å². The van der Waals surface area contributed by atoms with Gasteiger partial charge in [-0.15, -0.1) is 0 Å². The van der Waals surface area contributed by atoms with Crippen molar-refractivity contribution in [1.29, 1.82) is 0 Å². The predicted octanol–water partition coefficient (Wildman–Crippen LogP) is 2.03. The molecular weight excluding hydrogens is 260 g/mol. The van der Waals surface area contributed by atoms with E-state index in [-0.39, 0.29) is 5.88 Å². The van der Waals surface area contributed by atoms with Crippen LogP contribution in [0, 0.1) is 0 Å². The van der Waals surface area contributed by atoms with E-state index in [1.807, 2.05) is 0 Å². The number of hydrogen-bond acceptors (Lipinski definition) is 5. The molecule has 1 atom stereocenters. The minimum Gasteiger partial charge on any atom is -0.481 e. The third-order valence-electron chi connectivity index (χ3n) is 2.52. The fourth-order valence-electron chi connectivity index (χ4n) is 1.62. The van der Waals surface area contributed by atoms with Crippen LogP contribution in [0.5, 0.6) is 5.88 Å². The number of carbonyl (C=O) groups excluding carboxylic acids is 2. The second kappa shape index (κ2) is 5.90. The maximum absolute atomic E-state index is 11.9. The van der Waals surface area contributed by atoms with Crippen molar-refractivity contribution < 1.29 is 19.1 Å². The SMILES string of the molecule is COc1ncccc1C(C)(C=O)NC(=O)OC(C)(C)C. The highest BCUT2D eigenvalue weighted by Gasteiger charge is 2.33. The first-order valence-corrected chi connectivity index (χ1v) is 6.19. The molecule has 0 aliphatic heterocycles. The Balaban J connectivity index is 3.03. The van der Waals surface area contributed by atoms with Gasteiger partial charge in [-0.1, -0.05) is 0 Å². The molecule has 0 aromatic carbocycles. The Kier molecular flexibility index (Phi) is 4.70.